The van der Waals surface area contributed by atoms with Crippen molar-refractivity contribution in [1.82, 2.24) is 4.57 Å². The summed E-state index contributed by atoms with van der Waals surface area (Å²) in [5.74, 6) is 0. The van der Waals surface area contributed by atoms with Crippen LogP contribution >= 0.6 is 11.6 Å². The molecule has 15 heavy (non-hydrogen) atoms. The van der Waals surface area contributed by atoms with E-state index in [1.165, 1.54) is 5.54 Å². The number of hydrogen-bond acceptors (Lipinski definition) is 1. The van der Waals surface area contributed by atoms with Crippen LogP contribution in [0.5, 0.6) is 0 Å². The zero-order valence-corrected chi connectivity index (χ0v) is 8.78. The summed E-state index contributed by atoms with van der Waals surface area (Å²) < 4.78 is 2.05. The van der Waals surface area contributed by atoms with Crippen molar-refractivity contribution in [2.45, 2.75) is 6.54 Å². The van der Waals surface area contributed by atoms with Gasteiger partial charge in [-0.1, -0.05) is 23.7 Å². The Balaban J connectivity index is 2.57. The van der Waals surface area contributed by atoms with Crippen LogP contribution in [0.25, 0.3) is 10.9 Å². The maximum atomic E-state index is 8.93. The van der Waals surface area contributed by atoms with Crippen molar-refractivity contribution in [3.8, 4) is 6.07 Å². The Morgan fingerprint density at radius 1 is 1.40 bits per heavy atom. The predicted octanol–water partition coefficient (Wildman–Crippen LogP) is 3.27. The zero-order chi connectivity index (χ0) is 10.7. The highest BCUT2D eigenvalue weighted by atomic mass is 35.5. The maximum absolute atomic E-state index is 8.93. The number of nitrogens with zero attached hydrogens (tertiary/aromatic N) is 2. The standard InChI is InChI=1S/C12H9ClN2/c13-6-2-7-15-8-5-11-10(9-14)3-1-4-12(11)15/h1-6,8H,7H2/b6-2+. The van der Waals surface area contributed by atoms with Crippen molar-refractivity contribution in [3.63, 3.8) is 0 Å². The van der Waals surface area contributed by atoms with Gasteiger partial charge in [0.05, 0.1) is 11.6 Å². The number of benzene rings is 1. The summed E-state index contributed by atoms with van der Waals surface area (Å²) in [6.07, 6.45) is 3.82. The van der Waals surface area contributed by atoms with Crippen LogP contribution in [0.4, 0.5) is 0 Å². The minimum atomic E-state index is 0.709. The van der Waals surface area contributed by atoms with Crippen molar-refractivity contribution in [2.24, 2.45) is 0 Å². The van der Waals surface area contributed by atoms with E-state index in [1.807, 2.05) is 36.5 Å². The number of rotatable bonds is 2. The molecule has 0 radical (unpaired) electrons. The van der Waals surface area contributed by atoms with Gasteiger partial charge in [-0.15, -0.1) is 0 Å². The van der Waals surface area contributed by atoms with Gasteiger partial charge in [-0.05, 0) is 18.2 Å². The number of halogens is 1. The Morgan fingerprint density at radius 2 is 2.27 bits per heavy atom. The first kappa shape index (κ1) is 9.82. The second-order valence-corrected chi connectivity index (χ2v) is 3.43. The highest BCUT2D eigenvalue weighted by Gasteiger charge is 2.03. The normalized spacial score (nSPS) is 10.9. The van der Waals surface area contributed by atoms with Crippen molar-refractivity contribution in [3.05, 3.63) is 47.6 Å². The topological polar surface area (TPSA) is 28.7 Å². The van der Waals surface area contributed by atoms with Gasteiger partial charge in [0.25, 0.3) is 0 Å². The first-order chi connectivity index (χ1) is 7.36. The Bertz CT molecular complexity index is 546. The molecule has 0 unspecified atom stereocenters. The number of fused-ring (bicyclic) bond motifs is 1. The van der Waals surface area contributed by atoms with E-state index >= 15 is 0 Å². The van der Waals surface area contributed by atoms with Gasteiger partial charge in [0.15, 0.2) is 0 Å². The molecule has 0 aliphatic heterocycles. The Hall–Kier alpha value is -1.72. The van der Waals surface area contributed by atoms with E-state index in [0.29, 0.717) is 5.56 Å². The summed E-state index contributed by atoms with van der Waals surface area (Å²) in [6.45, 7) is 0.724. The lowest BCUT2D eigenvalue weighted by molar-refractivity contribution is 0.865. The molecule has 0 N–H and O–H groups in total. The monoisotopic (exact) mass is 216 g/mol. The average Bonchev–Trinajstić information content (AvgIpc) is 2.69. The molecule has 0 saturated carbocycles. The molecule has 2 rings (SSSR count). The molecule has 0 saturated heterocycles. The molecule has 2 nitrogen and oxygen atoms in total. The van der Waals surface area contributed by atoms with E-state index < -0.39 is 0 Å². The summed E-state index contributed by atoms with van der Waals surface area (Å²) in [7, 11) is 0. The summed E-state index contributed by atoms with van der Waals surface area (Å²) in [5.41, 5.74) is 3.27. The fourth-order valence-corrected chi connectivity index (χ4v) is 1.71. The Morgan fingerprint density at radius 3 is 3.00 bits per heavy atom. The minimum Gasteiger partial charge on any atom is -0.344 e. The molecular formula is C12H9ClN2. The molecule has 0 atom stereocenters. The van der Waals surface area contributed by atoms with Gasteiger partial charge in [0, 0.05) is 29.2 Å². The molecule has 0 aliphatic rings. The molecule has 1 aromatic heterocycles. The van der Waals surface area contributed by atoms with Gasteiger partial charge in [-0.3, -0.25) is 0 Å². The van der Waals surface area contributed by atoms with Crippen LogP contribution in [0.1, 0.15) is 5.56 Å². The molecule has 1 aromatic carbocycles. The Labute approximate surface area is 93.0 Å². The van der Waals surface area contributed by atoms with Gasteiger partial charge in [0.2, 0.25) is 0 Å². The summed E-state index contributed by atoms with van der Waals surface area (Å²) >= 11 is 5.48. The lowest BCUT2D eigenvalue weighted by Crippen LogP contribution is -1.91. The summed E-state index contributed by atoms with van der Waals surface area (Å²) in [4.78, 5) is 0. The molecule has 74 valence electrons. The number of aromatic nitrogens is 1. The van der Waals surface area contributed by atoms with Gasteiger partial charge in [-0.25, -0.2) is 0 Å². The minimum absolute atomic E-state index is 0.709. The predicted molar refractivity (Wildman–Crippen MR) is 61.6 cm³/mol. The lowest BCUT2D eigenvalue weighted by atomic mass is 10.1. The molecular weight excluding hydrogens is 208 g/mol. The molecule has 0 fully saturated rings. The highest BCUT2D eigenvalue weighted by Crippen LogP contribution is 2.19. The molecule has 3 heteroatoms. The second-order valence-electron chi connectivity index (χ2n) is 3.18. The van der Waals surface area contributed by atoms with E-state index in [4.69, 9.17) is 16.9 Å². The van der Waals surface area contributed by atoms with Crippen LogP contribution in [0.15, 0.2) is 42.1 Å². The highest BCUT2D eigenvalue weighted by molar-refractivity contribution is 6.25. The third-order valence-electron chi connectivity index (χ3n) is 2.33. The van der Waals surface area contributed by atoms with Gasteiger partial charge in [-0.2, -0.15) is 5.26 Å². The van der Waals surface area contributed by atoms with Gasteiger partial charge < -0.3 is 4.57 Å². The second kappa shape index (κ2) is 4.20. The third-order valence-corrected chi connectivity index (χ3v) is 2.50. The first-order valence-corrected chi connectivity index (χ1v) is 5.03. The molecule has 1 heterocycles. The quantitative estimate of drug-likeness (QED) is 0.758. The fraction of sp³-hybridized carbons (Fsp3) is 0.0833. The van der Waals surface area contributed by atoms with E-state index in [2.05, 4.69) is 10.6 Å². The molecule has 0 aliphatic carbocycles. The van der Waals surface area contributed by atoms with Crippen molar-refractivity contribution in [2.75, 3.05) is 0 Å². The van der Waals surface area contributed by atoms with Crippen LogP contribution < -0.4 is 0 Å². The molecule has 2 aromatic rings. The van der Waals surface area contributed by atoms with Crippen molar-refractivity contribution < 1.29 is 0 Å². The van der Waals surface area contributed by atoms with Crippen molar-refractivity contribution >= 4 is 22.5 Å². The van der Waals surface area contributed by atoms with E-state index in [-0.39, 0.29) is 0 Å². The smallest absolute Gasteiger partial charge is 0.0998 e. The van der Waals surface area contributed by atoms with Crippen LogP contribution in [-0.4, -0.2) is 4.57 Å². The largest absolute Gasteiger partial charge is 0.344 e. The molecule has 0 amide bonds. The lowest BCUT2D eigenvalue weighted by Gasteiger charge is -2.00. The van der Waals surface area contributed by atoms with E-state index in [1.54, 1.807) is 0 Å². The number of hydrogen-bond donors (Lipinski definition) is 0. The summed E-state index contributed by atoms with van der Waals surface area (Å²) in [6, 6.07) is 9.85. The zero-order valence-electron chi connectivity index (χ0n) is 8.02. The fourth-order valence-electron chi connectivity index (χ4n) is 1.63. The van der Waals surface area contributed by atoms with Crippen LogP contribution in [-0.2, 0) is 6.54 Å². The number of allylic oxidation sites excluding steroid dienone is 1. The molecule has 0 bridgehead atoms. The maximum Gasteiger partial charge on any atom is 0.0998 e. The van der Waals surface area contributed by atoms with Crippen LogP contribution in [0.3, 0.4) is 0 Å². The first-order valence-electron chi connectivity index (χ1n) is 4.60. The SMILES string of the molecule is N#Cc1cccc2c1ccn2C/C=C/Cl. The van der Waals surface area contributed by atoms with Gasteiger partial charge >= 0.3 is 0 Å². The van der Waals surface area contributed by atoms with E-state index in [9.17, 15) is 0 Å². The average molecular weight is 217 g/mol. The Kier molecular flexibility index (Phi) is 2.75. The molecule has 0 spiro atoms. The third kappa shape index (κ3) is 1.74. The number of nitriles is 1. The van der Waals surface area contributed by atoms with Gasteiger partial charge in [0.1, 0.15) is 0 Å². The summed E-state index contributed by atoms with van der Waals surface area (Å²) in [5, 5.41) is 9.92. The van der Waals surface area contributed by atoms with E-state index in [0.717, 1.165) is 17.4 Å². The van der Waals surface area contributed by atoms with Crippen molar-refractivity contribution in [1.29, 1.82) is 5.26 Å². The van der Waals surface area contributed by atoms with Crippen LogP contribution in [0, 0.1) is 11.3 Å². The van der Waals surface area contributed by atoms with Crippen LogP contribution in [0.2, 0.25) is 0 Å².